The second kappa shape index (κ2) is 19.9. The number of benzene rings is 2. The number of hydrogen-bond acceptors (Lipinski definition) is 3. The van der Waals surface area contributed by atoms with Gasteiger partial charge in [0, 0.05) is 18.1 Å². The number of piperidine rings is 1. The number of rotatable bonds is 11. The summed E-state index contributed by atoms with van der Waals surface area (Å²) >= 11 is 6.02. The molecule has 0 N–H and O–H groups in total. The van der Waals surface area contributed by atoms with Gasteiger partial charge in [-0.2, -0.15) is 0 Å². The summed E-state index contributed by atoms with van der Waals surface area (Å²) in [5.74, 6) is 1.41. The summed E-state index contributed by atoms with van der Waals surface area (Å²) in [5.41, 5.74) is 2.53. The first kappa shape index (κ1) is 32.9. The molecule has 2 unspecified atom stereocenters. The molecule has 1 fully saturated rings. The average Bonchev–Trinajstić information content (AvgIpc) is 2.92. The highest BCUT2D eigenvalue weighted by Crippen LogP contribution is 2.26. The van der Waals surface area contributed by atoms with E-state index in [9.17, 15) is 4.39 Å². The highest BCUT2D eigenvalue weighted by Gasteiger charge is 2.21. The van der Waals surface area contributed by atoms with Crippen LogP contribution in [0.1, 0.15) is 70.6 Å². The maximum atomic E-state index is 11.6. The molecule has 1 aliphatic rings. The Kier molecular flexibility index (Phi) is 17.7. The van der Waals surface area contributed by atoms with Crippen LogP contribution in [-0.4, -0.2) is 38.3 Å². The molecule has 2 atom stereocenters. The number of hydrogen-bond donors (Lipinski definition) is 0. The quantitative estimate of drug-likeness (QED) is 0.270. The van der Waals surface area contributed by atoms with E-state index >= 15 is 0 Å². The second-order valence-corrected chi connectivity index (χ2v) is 9.44. The van der Waals surface area contributed by atoms with Crippen molar-refractivity contribution in [2.45, 2.75) is 65.9 Å². The molecule has 0 aromatic heterocycles. The van der Waals surface area contributed by atoms with Crippen molar-refractivity contribution in [3.8, 4) is 5.75 Å². The SMILES string of the molecule is C=CCC(OCC1CCCN(CCc2ccc(OC)cc2)C1)c1ccc(Cl)cc1.CC.CC/C=C(\C)F. The topological polar surface area (TPSA) is 21.7 Å². The highest BCUT2D eigenvalue weighted by molar-refractivity contribution is 6.30. The summed E-state index contributed by atoms with van der Waals surface area (Å²) in [5, 5.41) is 0.755. The van der Waals surface area contributed by atoms with Gasteiger partial charge in [0.15, 0.2) is 0 Å². The van der Waals surface area contributed by atoms with Crippen molar-refractivity contribution < 1.29 is 13.9 Å². The molecule has 5 heteroatoms. The molecular weight excluding hydrogens is 485 g/mol. The predicted molar refractivity (Wildman–Crippen MR) is 157 cm³/mol. The summed E-state index contributed by atoms with van der Waals surface area (Å²) in [6, 6.07) is 16.4. The van der Waals surface area contributed by atoms with Gasteiger partial charge >= 0.3 is 0 Å². The van der Waals surface area contributed by atoms with Gasteiger partial charge in [0.25, 0.3) is 0 Å². The van der Waals surface area contributed by atoms with Gasteiger partial charge in [-0.15, -0.1) is 6.58 Å². The first-order valence-corrected chi connectivity index (χ1v) is 14.0. The molecule has 2 aromatic carbocycles. The van der Waals surface area contributed by atoms with Crippen LogP contribution in [0.25, 0.3) is 0 Å². The molecule has 206 valence electrons. The van der Waals surface area contributed by atoms with E-state index < -0.39 is 0 Å². The minimum Gasteiger partial charge on any atom is -0.497 e. The number of allylic oxidation sites excluding steroid dienone is 2. The molecule has 1 heterocycles. The predicted octanol–water partition coefficient (Wildman–Crippen LogP) is 9.23. The fourth-order valence-electron chi connectivity index (χ4n) is 4.23. The molecule has 0 amide bonds. The van der Waals surface area contributed by atoms with Crippen LogP contribution < -0.4 is 4.74 Å². The third-order valence-electron chi connectivity index (χ3n) is 6.12. The van der Waals surface area contributed by atoms with Crippen molar-refractivity contribution in [2.24, 2.45) is 5.92 Å². The van der Waals surface area contributed by atoms with Crippen molar-refractivity contribution in [1.29, 1.82) is 0 Å². The fraction of sp³-hybridized carbons (Fsp3) is 0.500. The van der Waals surface area contributed by atoms with E-state index in [0.717, 1.165) is 49.7 Å². The summed E-state index contributed by atoms with van der Waals surface area (Å²) in [4.78, 5) is 2.58. The van der Waals surface area contributed by atoms with Crippen LogP contribution in [0.2, 0.25) is 5.02 Å². The van der Waals surface area contributed by atoms with Gasteiger partial charge in [-0.05, 0) is 86.9 Å². The van der Waals surface area contributed by atoms with Crippen LogP contribution in [0.4, 0.5) is 4.39 Å². The average molecular weight is 532 g/mol. The number of halogens is 2. The lowest BCUT2D eigenvalue weighted by Gasteiger charge is -2.33. The molecule has 1 aliphatic heterocycles. The smallest absolute Gasteiger partial charge is 0.118 e. The molecule has 3 nitrogen and oxygen atoms in total. The number of methoxy groups -OCH3 is 1. The maximum Gasteiger partial charge on any atom is 0.118 e. The largest absolute Gasteiger partial charge is 0.497 e. The minimum absolute atomic E-state index is 0.0550. The Morgan fingerprint density at radius 2 is 1.84 bits per heavy atom. The molecule has 0 saturated carbocycles. The molecule has 37 heavy (non-hydrogen) atoms. The van der Waals surface area contributed by atoms with E-state index in [1.54, 1.807) is 13.2 Å². The molecule has 0 radical (unpaired) electrons. The van der Waals surface area contributed by atoms with Crippen LogP contribution in [0.3, 0.4) is 0 Å². The van der Waals surface area contributed by atoms with E-state index in [0.29, 0.717) is 5.92 Å². The number of ether oxygens (including phenoxy) is 2. The Morgan fingerprint density at radius 3 is 2.38 bits per heavy atom. The van der Waals surface area contributed by atoms with Crippen LogP contribution in [0, 0.1) is 5.92 Å². The Hall–Kier alpha value is -2.14. The standard InChI is InChI=1S/C25H32ClNO2.C5H9F.C2H6/c1-3-5-25(22-9-11-23(26)12-10-22)29-19-21-6-4-16-27(18-21)17-15-20-7-13-24(28-2)14-8-20;1-3-4-5(2)6;1-2/h3,7-14,21,25H,1,4-6,15-19H2,2H3;4H,3H2,1-2H3;1-2H3/b;5-4+;. The second-order valence-electron chi connectivity index (χ2n) is 9.00. The highest BCUT2D eigenvalue weighted by atomic mass is 35.5. The zero-order valence-electron chi connectivity index (χ0n) is 23.5. The first-order chi connectivity index (χ1) is 17.9. The van der Waals surface area contributed by atoms with Gasteiger partial charge in [0.05, 0.1) is 25.6 Å². The van der Waals surface area contributed by atoms with Gasteiger partial charge in [-0.3, -0.25) is 0 Å². The Labute approximate surface area is 230 Å². The Morgan fingerprint density at radius 1 is 1.16 bits per heavy atom. The van der Waals surface area contributed by atoms with Crippen LogP contribution in [0.5, 0.6) is 5.75 Å². The lowest BCUT2D eigenvalue weighted by atomic mass is 9.98. The third kappa shape index (κ3) is 13.8. The van der Waals surface area contributed by atoms with Gasteiger partial charge in [0.2, 0.25) is 0 Å². The van der Waals surface area contributed by atoms with Crippen LogP contribution in [-0.2, 0) is 11.2 Å². The first-order valence-electron chi connectivity index (χ1n) is 13.6. The molecule has 0 spiro atoms. The minimum atomic E-state index is -0.0856. The third-order valence-corrected chi connectivity index (χ3v) is 6.37. The summed E-state index contributed by atoms with van der Waals surface area (Å²) in [6.07, 6.45) is 8.68. The maximum absolute atomic E-state index is 11.6. The van der Waals surface area contributed by atoms with Crippen molar-refractivity contribution >= 4 is 11.6 Å². The molecule has 0 bridgehead atoms. The zero-order chi connectivity index (χ0) is 27.5. The van der Waals surface area contributed by atoms with Crippen LogP contribution in [0.15, 0.2) is 73.1 Å². The van der Waals surface area contributed by atoms with Gasteiger partial charge < -0.3 is 14.4 Å². The van der Waals surface area contributed by atoms with Crippen LogP contribution >= 0.6 is 11.6 Å². The number of nitrogens with zero attached hydrogens (tertiary/aromatic N) is 1. The van der Waals surface area contributed by atoms with E-state index in [1.165, 1.54) is 37.4 Å². The van der Waals surface area contributed by atoms with Crippen molar-refractivity contribution in [3.05, 3.63) is 89.2 Å². The van der Waals surface area contributed by atoms with Crippen molar-refractivity contribution in [3.63, 3.8) is 0 Å². The van der Waals surface area contributed by atoms with Gasteiger partial charge in [-0.25, -0.2) is 4.39 Å². The summed E-state index contributed by atoms with van der Waals surface area (Å²) in [6.45, 7) is 15.4. The van der Waals surface area contributed by atoms with E-state index in [1.807, 2.05) is 51.1 Å². The van der Waals surface area contributed by atoms with Crippen molar-refractivity contribution in [1.82, 2.24) is 4.90 Å². The molecular formula is C32H47ClFNO2. The van der Waals surface area contributed by atoms with E-state index in [4.69, 9.17) is 21.1 Å². The summed E-state index contributed by atoms with van der Waals surface area (Å²) in [7, 11) is 1.71. The zero-order valence-corrected chi connectivity index (χ0v) is 24.3. The Balaban J connectivity index is 0.000000752. The number of likely N-dealkylation sites (tertiary alicyclic amines) is 1. The molecule has 0 aliphatic carbocycles. The summed E-state index contributed by atoms with van der Waals surface area (Å²) < 4.78 is 23.1. The fourth-order valence-corrected chi connectivity index (χ4v) is 4.36. The van der Waals surface area contributed by atoms with E-state index in [-0.39, 0.29) is 11.9 Å². The van der Waals surface area contributed by atoms with Crippen molar-refractivity contribution in [2.75, 3.05) is 33.4 Å². The Bertz CT molecular complexity index is 879. The molecule has 1 saturated heterocycles. The monoisotopic (exact) mass is 531 g/mol. The van der Waals surface area contributed by atoms with Gasteiger partial charge in [0.1, 0.15) is 5.75 Å². The normalized spacial score (nSPS) is 16.5. The van der Waals surface area contributed by atoms with E-state index in [2.05, 4.69) is 35.7 Å². The molecule has 2 aromatic rings. The molecule has 3 rings (SSSR count). The van der Waals surface area contributed by atoms with Gasteiger partial charge in [-0.1, -0.05) is 68.8 Å². The lowest BCUT2D eigenvalue weighted by Crippen LogP contribution is -2.38. The lowest BCUT2D eigenvalue weighted by molar-refractivity contribution is 0.00932.